The van der Waals surface area contributed by atoms with Crippen LogP contribution in [-0.4, -0.2) is 23.9 Å². The van der Waals surface area contributed by atoms with Gasteiger partial charge in [-0.05, 0) is 12.8 Å². The average Bonchev–Trinajstić information content (AvgIpc) is 2.34. The predicted molar refractivity (Wildman–Crippen MR) is 31.1 cm³/mol. The first kappa shape index (κ1) is 5.65. The lowest BCUT2D eigenvalue weighted by atomic mass is 9.91. The van der Waals surface area contributed by atoms with E-state index < -0.39 is 0 Å². The highest BCUT2D eigenvalue weighted by molar-refractivity contribution is 5.12. The summed E-state index contributed by atoms with van der Waals surface area (Å²) in [5, 5.41) is 11.9. The minimum Gasteiger partial charge on any atom is -0.369 e. The fourth-order valence-corrected chi connectivity index (χ4v) is 1.39. The Labute approximate surface area is 54.0 Å². The normalized spacial score (nSPS) is 43.7. The predicted octanol–water partition coefficient (Wildman–Crippen LogP) is 0.000790. The van der Waals surface area contributed by atoms with Crippen LogP contribution in [0, 0.1) is 6.23 Å². The molecule has 3 heteroatoms. The number of aliphatic hydroxyl groups is 1. The number of nitrogens with one attached hydrogen (secondary N) is 1. The van der Waals surface area contributed by atoms with Gasteiger partial charge in [-0.1, -0.05) is 0 Å². The Hall–Kier alpha value is -0.120. The lowest BCUT2D eigenvalue weighted by Crippen LogP contribution is -2.61. The molecule has 0 aromatic rings. The van der Waals surface area contributed by atoms with Gasteiger partial charge in [0.25, 0.3) is 0 Å². The summed E-state index contributed by atoms with van der Waals surface area (Å²) in [5.41, 5.74) is -0.264. The second kappa shape index (κ2) is 1.68. The van der Waals surface area contributed by atoms with E-state index in [9.17, 15) is 0 Å². The van der Waals surface area contributed by atoms with Gasteiger partial charge in [-0.15, -0.1) is 0 Å². The maximum absolute atomic E-state index is 9.08. The summed E-state index contributed by atoms with van der Waals surface area (Å²) < 4.78 is 5.34. The molecule has 2 heterocycles. The summed E-state index contributed by atoms with van der Waals surface area (Å²) in [6.45, 7) is 1.59. The van der Waals surface area contributed by atoms with Gasteiger partial charge in [-0.25, -0.2) is 0 Å². The zero-order valence-corrected chi connectivity index (χ0v) is 5.18. The molecule has 1 spiro atoms. The third-order valence-corrected chi connectivity index (χ3v) is 2.08. The molecular weight excluding hydrogens is 118 g/mol. The highest BCUT2D eigenvalue weighted by Crippen LogP contribution is 2.36. The molecule has 0 bridgehead atoms. The molecule has 2 aliphatic heterocycles. The van der Waals surface area contributed by atoms with E-state index in [1.807, 2.05) is 0 Å². The molecule has 9 heavy (non-hydrogen) atoms. The van der Waals surface area contributed by atoms with Crippen molar-refractivity contribution in [3.8, 4) is 0 Å². The SMILES string of the molecule is O[C]1NCC12CCCO2. The van der Waals surface area contributed by atoms with Gasteiger partial charge < -0.3 is 9.84 Å². The van der Waals surface area contributed by atoms with Crippen LogP contribution in [-0.2, 0) is 4.74 Å². The van der Waals surface area contributed by atoms with Crippen LogP contribution in [0.15, 0.2) is 0 Å². The number of aliphatic hydroxyl groups excluding tert-OH is 1. The van der Waals surface area contributed by atoms with E-state index in [1.54, 1.807) is 0 Å². The van der Waals surface area contributed by atoms with Crippen LogP contribution in [0.3, 0.4) is 0 Å². The van der Waals surface area contributed by atoms with Crippen molar-refractivity contribution in [1.29, 1.82) is 0 Å². The Kier molecular flexibility index (Phi) is 1.06. The summed E-state index contributed by atoms with van der Waals surface area (Å²) in [6.07, 6.45) is 2.39. The molecule has 3 nitrogen and oxygen atoms in total. The summed E-state index contributed by atoms with van der Waals surface area (Å²) in [4.78, 5) is 0. The van der Waals surface area contributed by atoms with Crippen LogP contribution in [0.5, 0.6) is 0 Å². The van der Waals surface area contributed by atoms with E-state index in [1.165, 1.54) is 0 Å². The molecule has 2 aliphatic rings. The van der Waals surface area contributed by atoms with Crippen molar-refractivity contribution in [3.05, 3.63) is 6.23 Å². The number of rotatable bonds is 0. The maximum atomic E-state index is 9.08. The van der Waals surface area contributed by atoms with Crippen LogP contribution < -0.4 is 5.32 Å². The molecule has 2 saturated heterocycles. The van der Waals surface area contributed by atoms with Crippen molar-refractivity contribution in [2.24, 2.45) is 0 Å². The maximum Gasteiger partial charge on any atom is 0.192 e. The highest BCUT2D eigenvalue weighted by Gasteiger charge is 2.50. The van der Waals surface area contributed by atoms with Crippen molar-refractivity contribution in [1.82, 2.24) is 5.32 Å². The first-order valence-corrected chi connectivity index (χ1v) is 3.28. The largest absolute Gasteiger partial charge is 0.369 e. The summed E-state index contributed by atoms with van der Waals surface area (Å²) in [6, 6.07) is 0. The van der Waals surface area contributed by atoms with Crippen molar-refractivity contribution >= 4 is 0 Å². The van der Waals surface area contributed by atoms with E-state index in [4.69, 9.17) is 9.84 Å². The monoisotopic (exact) mass is 128 g/mol. The Balaban J connectivity index is 2.06. The van der Waals surface area contributed by atoms with Gasteiger partial charge in [0.1, 0.15) is 5.60 Å². The van der Waals surface area contributed by atoms with E-state index in [0.717, 1.165) is 26.0 Å². The molecule has 2 fully saturated rings. The zero-order valence-electron chi connectivity index (χ0n) is 5.18. The third kappa shape index (κ3) is 0.625. The van der Waals surface area contributed by atoms with Gasteiger partial charge in [0.2, 0.25) is 0 Å². The standard InChI is InChI=1S/C6H10NO2/c8-5-6(4-7-5)2-1-3-9-6/h7-8H,1-4H2. The topological polar surface area (TPSA) is 41.5 Å². The van der Waals surface area contributed by atoms with Crippen LogP contribution in [0.1, 0.15) is 12.8 Å². The molecule has 0 aliphatic carbocycles. The lowest BCUT2D eigenvalue weighted by molar-refractivity contribution is -0.0921. The van der Waals surface area contributed by atoms with Gasteiger partial charge >= 0.3 is 0 Å². The minimum absolute atomic E-state index is 0.264. The molecule has 1 radical (unpaired) electrons. The molecule has 2 rings (SSSR count). The molecule has 51 valence electrons. The Morgan fingerprint density at radius 1 is 1.67 bits per heavy atom. The zero-order chi connectivity index (χ0) is 6.32. The molecule has 1 atom stereocenters. The molecular formula is C6H10NO2. The second-order valence-corrected chi connectivity index (χ2v) is 2.65. The summed E-state index contributed by atoms with van der Waals surface area (Å²) in [7, 11) is 0. The van der Waals surface area contributed by atoms with E-state index in [2.05, 4.69) is 5.32 Å². The van der Waals surface area contributed by atoms with Crippen molar-refractivity contribution in [2.45, 2.75) is 18.4 Å². The minimum atomic E-state index is -0.264. The van der Waals surface area contributed by atoms with Crippen molar-refractivity contribution in [2.75, 3.05) is 13.2 Å². The Morgan fingerprint density at radius 2 is 2.56 bits per heavy atom. The molecule has 0 saturated carbocycles. The molecule has 1 unspecified atom stereocenters. The third-order valence-electron chi connectivity index (χ3n) is 2.08. The fraction of sp³-hybridized carbons (Fsp3) is 0.833. The van der Waals surface area contributed by atoms with E-state index in [0.29, 0.717) is 6.23 Å². The Morgan fingerprint density at radius 3 is 2.78 bits per heavy atom. The number of hydrogen-bond donors (Lipinski definition) is 2. The van der Waals surface area contributed by atoms with Crippen LogP contribution in [0.25, 0.3) is 0 Å². The average molecular weight is 128 g/mol. The smallest absolute Gasteiger partial charge is 0.192 e. The van der Waals surface area contributed by atoms with Gasteiger partial charge in [-0.3, -0.25) is 5.32 Å². The lowest BCUT2D eigenvalue weighted by Gasteiger charge is -2.41. The fourth-order valence-electron chi connectivity index (χ4n) is 1.39. The van der Waals surface area contributed by atoms with E-state index >= 15 is 0 Å². The Bertz CT molecular complexity index is 120. The van der Waals surface area contributed by atoms with Crippen molar-refractivity contribution < 1.29 is 9.84 Å². The van der Waals surface area contributed by atoms with Gasteiger partial charge in [0.15, 0.2) is 6.23 Å². The van der Waals surface area contributed by atoms with Gasteiger partial charge in [0.05, 0.1) is 0 Å². The number of hydrogen-bond acceptors (Lipinski definition) is 3. The quantitative estimate of drug-likeness (QED) is 0.482. The van der Waals surface area contributed by atoms with Crippen molar-refractivity contribution in [3.63, 3.8) is 0 Å². The molecule has 0 amide bonds. The highest BCUT2D eigenvalue weighted by atomic mass is 16.5. The number of ether oxygens (including phenoxy) is 1. The summed E-state index contributed by atoms with van der Waals surface area (Å²) in [5.74, 6) is 0. The molecule has 2 N–H and O–H groups in total. The van der Waals surface area contributed by atoms with Gasteiger partial charge in [0, 0.05) is 13.2 Å². The summed E-state index contributed by atoms with van der Waals surface area (Å²) >= 11 is 0. The van der Waals surface area contributed by atoms with Crippen LogP contribution in [0.4, 0.5) is 0 Å². The first-order chi connectivity index (χ1) is 4.33. The van der Waals surface area contributed by atoms with Crippen LogP contribution >= 0.6 is 0 Å². The van der Waals surface area contributed by atoms with Gasteiger partial charge in [-0.2, -0.15) is 0 Å². The second-order valence-electron chi connectivity index (χ2n) is 2.65. The first-order valence-electron chi connectivity index (χ1n) is 3.28. The van der Waals surface area contributed by atoms with E-state index in [-0.39, 0.29) is 5.60 Å². The molecule has 0 aromatic heterocycles. The molecule has 0 aromatic carbocycles. The van der Waals surface area contributed by atoms with Crippen LogP contribution in [0.2, 0.25) is 0 Å².